The molecule has 0 atom stereocenters. The van der Waals surface area contributed by atoms with Crippen molar-refractivity contribution in [3.63, 3.8) is 0 Å². The Bertz CT molecular complexity index is 1110. The van der Waals surface area contributed by atoms with Crippen LogP contribution in [0.25, 0.3) is 10.4 Å². The van der Waals surface area contributed by atoms with Crippen LogP contribution in [0, 0.1) is 11.6 Å². The van der Waals surface area contributed by atoms with Gasteiger partial charge in [-0.2, -0.15) is 0 Å². The second kappa shape index (κ2) is 7.71. The Hall–Kier alpha value is -3.13. The number of nitrogens with zero attached hydrogens (tertiary/aromatic N) is 1. The molecule has 148 valence electrons. The molecule has 4 rings (SSSR count). The lowest BCUT2D eigenvalue weighted by Crippen LogP contribution is -2.15. The third-order valence-electron chi connectivity index (χ3n) is 4.74. The fourth-order valence-corrected chi connectivity index (χ4v) is 4.44. The smallest absolute Gasteiger partial charge is 0.337 e. The van der Waals surface area contributed by atoms with Gasteiger partial charge < -0.3 is 4.74 Å². The van der Waals surface area contributed by atoms with E-state index in [1.54, 1.807) is 6.07 Å². The summed E-state index contributed by atoms with van der Waals surface area (Å²) in [5, 5.41) is 2.77. The zero-order valence-electron chi connectivity index (χ0n) is 15.4. The first kappa shape index (κ1) is 19.2. The van der Waals surface area contributed by atoms with Crippen molar-refractivity contribution in [3.05, 3.63) is 70.4 Å². The molecule has 1 aromatic heterocycles. The van der Waals surface area contributed by atoms with Gasteiger partial charge in [0.15, 0.2) is 5.13 Å². The Balaban J connectivity index is 1.67. The third kappa shape index (κ3) is 3.63. The maximum Gasteiger partial charge on any atom is 0.337 e. The zero-order valence-corrected chi connectivity index (χ0v) is 16.2. The van der Waals surface area contributed by atoms with E-state index in [2.05, 4.69) is 10.3 Å². The van der Waals surface area contributed by atoms with Crippen LogP contribution in [-0.4, -0.2) is 24.0 Å². The number of hydrogen-bond donors (Lipinski definition) is 1. The Morgan fingerprint density at radius 3 is 2.62 bits per heavy atom. The predicted molar refractivity (Wildman–Crippen MR) is 105 cm³/mol. The standard InChI is InChI=1S/C21H16F2N2O3S/c1-28-20(27)12-8-9-13-11(10-12)4-2-7-16-18(13)29-21(24-16)25-19(26)17-14(22)5-3-6-15(17)23/h3,5-6,8-10H,2,4,7H2,1H3,(H,24,25,26). The van der Waals surface area contributed by atoms with E-state index in [9.17, 15) is 18.4 Å². The van der Waals surface area contributed by atoms with Gasteiger partial charge in [0.25, 0.3) is 5.91 Å². The summed E-state index contributed by atoms with van der Waals surface area (Å²) in [6, 6.07) is 8.60. The van der Waals surface area contributed by atoms with E-state index in [4.69, 9.17) is 4.74 Å². The molecule has 0 bridgehead atoms. The van der Waals surface area contributed by atoms with E-state index in [1.807, 2.05) is 12.1 Å². The predicted octanol–water partition coefficient (Wildman–Crippen LogP) is 4.62. The molecule has 0 saturated heterocycles. The number of methoxy groups -OCH3 is 1. The molecule has 2 aromatic carbocycles. The highest BCUT2D eigenvalue weighted by molar-refractivity contribution is 7.19. The second-order valence-electron chi connectivity index (χ2n) is 6.56. The topological polar surface area (TPSA) is 68.3 Å². The summed E-state index contributed by atoms with van der Waals surface area (Å²) in [7, 11) is 1.34. The van der Waals surface area contributed by atoms with Gasteiger partial charge in [-0.25, -0.2) is 18.6 Å². The number of aryl methyl sites for hydroxylation is 2. The first-order valence-electron chi connectivity index (χ1n) is 8.94. The summed E-state index contributed by atoms with van der Waals surface area (Å²) in [5.74, 6) is -3.14. The highest BCUT2D eigenvalue weighted by Gasteiger charge is 2.23. The van der Waals surface area contributed by atoms with Crippen LogP contribution in [0.1, 0.15) is 38.4 Å². The van der Waals surface area contributed by atoms with Gasteiger partial charge >= 0.3 is 5.97 Å². The highest BCUT2D eigenvalue weighted by Crippen LogP contribution is 2.39. The third-order valence-corrected chi connectivity index (χ3v) is 5.78. The highest BCUT2D eigenvalue weighted by atomic mass is 32.1. The van der Waals surface area contributed by atoms with Gasteiger partial charge in [0.05, 0.1) is 23.2 Å². The van der Waals surface area contributed by atoms with Crippen molar-refractivity contribution in [2.75, 3.05) is 12.4 Å². The van der Waals surface area contributed by atoms with Crippen molar-refractivity contribution < 1.29 is 23.1 Å². The number of fused-ring (bicyclic) bond motifs is 3. The van der Waals surface area contributed by atoms with Crippen LogP contribution >= 0.6 is 11.3 Å². The van der Waals surface area contributed by atoms with Gasteiger partial charge in [-0.1, -0.05) is 23.5 Å². The van der Waals surface area contributed by atoms with Crippen LogP contribution in [0.15, 0.2) is 36.4 Å². The minimum absolute atomic E-state index is 0.271. The van der Waals surface area contributed by atoms with Gasteiger partial charge in [-0.05, 0) is 54.7 Å². The Labute approximate surface area is 169 Å². The molecule has 1 N–H and O–H groups in total. The van der Waals surface area contributed by atoms with Crippen LogP contribution in [0.5, 0.6) is 0 Å². The number of ether oxygens (including phenoxy) is 1. The van der Waals surface area contributed by atoms with Gasteiger partial charge in [0, 0.05) is 0 Å². The van der Waals surface area contributed by atoms with Crippen LogP contribution in [0.4, 0.5) is 13.9 Å². The van der Waals surface area contributed by atoms with Crippen molar-refractivity contribution in [3.8, 4) is 10.4 Å². The minimum atomic E-state index is -0.929. The van der Waals surface area contributed by atoms with Crippen LogP contribution in [0.2, 0.25) is 0 Å². The number of halogens is 2. The van der Waals surface area contributed by atoms with E-state index in [0.29, 0.717) is 12.0 Å². The molecule has 29 heavy (non-hydrogen) atoms. The quantitative estimate of drug-likeness (QED) is 0.636. The summed E-state index contributed by atoms with van der Waals surface area (Å²) in [4.78, 5) is 29.5. The molecule has 8 heteroatoms. The SMILES string of the molecule is COC(=O)c1ccc2c(c1)CCCc1nc(NC(=O)c3c(F)cccc3F)sc1-2. The fraction of sp³-hybridized carbons (Fsp3) is 0.190. The van der Waals surface area contributed by atoms with Crippen molar-refractivity contribution in [2.24, 2.45) is 0 Å². The van der Waals surface area contributed by atoms with Crippen molar-refractivity contribution in [1.29, 1.82) is 0 Å². The number of carbonyl (C=O) groups is 2. The van der Waals surface area contributed by atoms with Gasteiger partial charge in [-0.15, -0.1) is 0 Å². The average molecular weight is 414 g/mol. The Morgan fingerprint density at radius 1 is 1.14 bits per heavy atom. The number of amides is 1. The molecule has 0 saturated carbocycles. The van der Waals surface area contributed by atoms with E-state index in [-0.39, 0.29) is 5.13 Å². The summed E-state index contributed by atoms with van der Waals surface area (Å²) in [5.41, 5.74) is 2.57. The number of nitrogens with one attached hydrogen (secondary N) is 1. The zero-order chi connectivity index (χ0) is 20.5. The minimum Gasteiger partial charge on any atom is -0.465 e. The number of esters is 1. The first-order valence-corrected chi connectivity index (χ1v) is 9.76. The molecule has 1 heterocycles. The van der Waals surface area contributed by atoms with E-state index < -0.39 is 29.1 Å². The summed E-state index contributed by atoms with van der Waals surface area (Å²) >= 11 is 1.24. The number of aromatic nitrogens is 1. The van der Waals surface area contributed by atoms with Crippen LogP contribution in [0.3, 0.4) is 0 Å². The lowest BCUT2D eigenvalue weighted by molar-refractivity contribution is 0.0600. The lowest BCUT2D eigenvalue weighted by atomic mass is 10.0. The van der Waals surface area contributed by atoms with E-state index in [0.717, 1.165) is 46.7 Å². The molecule has 5 nitrogen and oxygen atoms in total. The molecule has 3 aromatic rings. The van der Waals surface area contributed by atoms with Crippen molar-refractivity contribution >= 4 is 28.3 Å². The number of thiazole rings is 1. The van der Waals surface area contributed by atoms with Crippen molar-refractivity contribution in [2.45, 2.75) is 19.3 Å². The molecule has 0 aliphatic heterocycles. The second-order valence-corrected chi connectivity index (χ2v) is 7.56. The summed E-state index contributed by atoms with van der Waals surface area (Å²) in [6.07, 6.45) is 2.30. The number of hydrogen-bond acceptors (Lipinski definition) is 5. The number of benzene rings is 2. The number of carbonyl (C=O) groups excluding carboxylic acids is 2. The molecule has 1 amide bonds. The van der Waals surface area contributed by atoms with E-state index in [1.165, 1.54) is 24.5 Å². The molecule has 1 aliphatic rings. The molecular formula is C21H16F2N2O3S. The fourth-order valence-electron chi connectivity index (χ4n) is 3.37. The van der Waals surface area contributed by atoms with E-state index >= 15 is 0 Å². The number of anilines is 1. The molecule has 0 fully saturated rings. The van der Waals surface area contributed by atoms with Gasteiger partial charge in [-0.3, -0.25) is 10.1 Å². The lowest BCUT2D eigenvalue weighted by Gasteiger charge is -2.08. The molecule has 0 radical (unpaired) electrons. The normalized spacial score (nSPS) is 12.5. The summed E-state index contributed by atoms with van der Waals surface area (Å²) < 4.78 is 32.5. The maximum atomic E-state index is 13.9. The Kier molecular flexibility index (Phi) is 5.10. The van der Waals surface area contributed by atoms with Gasteiger partial charge in [0.1, 0.15) is 17.2 Å². The Morgan fingerprint density at radius 2 is 1.90 bits per heavy atom. The monoisotopic (exact) mass is 414 g/mol. The largest absolute Gasteiger partial charge is 0.465 e. The number of rotatable bonds is 3. The molecule has 0 unspecified atom stereocenters. The molecular weight excluding hydrogens is 398 g/mol. The van der Waals surface area contributed by atoms with Crippen LogP contribution in [-0.2, 0) is 17.6 Å². The van der Waals surface area contributed by atoms with Crippen LogP contribution < -0.4 is 5.32 Å². The average Bonchev–Trinajstić information content (AvgIpc) is 3.01. The first-order chi connectivity index (χ1) is 14.0. The molecule has 0 spiro atoms. The maximum absolute atomic E-state index is 13.9. The molecule has 1 aliphatic carbocycles. The van der Waals surface area contributed by atoms with Crippen molar-refractivity contribution in [1.82, 2.24) is 4.98 Å². The van der Waals surface area contributed by atoms with Gasteiger partial charge in [0.2, 0.25) is 0 Å². The summed E-state index contributed by atoms with van der Waals surface area (Å²) in [6.45, 7) is 0.